The number of benzene rings is 2. The number of aromatic hydroxyl groups is 2. The Balaban J connectivity index is 2.60. The first-order valence-electron chi connectivity index (χ1n) is 13.5. The van der Waals surface area contributed by atoms with Crippen molar-refractivity contribution in [1.82, 2.24) is 4.90 Å². The van der Waals surface area contributed by atoms with Gasteiger partial charge in [-0.3, -0.25) is 4.90 Å². The van der Waals surface area contributed by atoms with Gasteiger partial charge in [-0.25, -0.2) is 0 Å². The lowest BCUT2D eigenvalue weighted by atomic mass is 9.78. The first-order valence-corrected chi connectivity index (χ1v) is 13.5. The van der Waals surface area contributed by atoms with E-state index in [1.807, 2.05) is 0 Å². The van der Waals surface area contributed by atoms with Crippen molar-refractivity contribution in [3.05, 3.63) is 57.6 Å². The molecule has 202 valence electrons. The number of nitrogens with zero attached hydrogens (tertiary/aromatic N) is 1. The molecule has 0 aliphatic rings. The minimum atomic E-state index is -0.150. The number of rotatable bonds is 5. The van der Waals surface area contributed by atoms with Gasteiger partial charge in [-0.15, -0.1) is 0 Å². The van der Waals surface area contributed by atoms with Crippen molar-refractivity contribution in [2.45, 2.75) is 138 Å². The molecule has 0 fully saturated rings. The molecular formula is C33H53NO2. The molecule has 0 atom stereocenters. The van der Waals surface area contributed by atoms with E-state index in [0.717, 1.165) is 35.3 Å². The van der Waals surface area contributed by atoms with E-state index in [4.69, 9.17) is 0 Å². The van der Waals surface area contributed by atoms with Gasteiger partial charge in [0.15, 0.2) is 0 Å². The van der Waals surface area contributed by atoms with E-state index in [1.165, 1.54) is 11.1 Å². The molecule has 3 nitrogen and oxygen atoms in total. The highest BCUT2D eigenvalue weighted by Gasteiger charge is 2.29. The van der Waals surface area contributed by atoms with Crippen LogP contribution in [0.15, 0.2) is 24.3 Å². The Hall–Kier alpha value is -2.00. The van der Waals surface area contributed by atoms with Crippen LogP contribution in [0, 0.1) is 0 Å². The molecule has 0 aliphatic heterocycles. The summed E-state index contributed by atoms with van der Waals surface area (Å²) in [6.45, 7) is 32.0. The van der Waals surface area contributed by atoms with Gasteiger partial charge in [-0.2, -0.15) is 0 Å². The summed E-state index contributed by atoms with van der Waals surface area (Å²) in [6.07, 6.45) is 0. The SMILES string of the molecule is CC(C)N(Cc1cc(C(C)(C)C)c(O)c(C(C)(C)C)c1)Cc1cc(C(C)(C)C)c(O)c(C(C)(C)C)c1. The van der Waals surface area contributed by atoms with Crippen LogP contribution >= 0.6 is 0 Å². The lowest BCUT2D eigenvalue weighted by Crippen LogP contribution is -2.31. The molecule has 0 heterocycles. The zero-order valence-corrected chi connectivity index (χ0v) is 25.6. The van der Waals surface area contributed by atoms with Crippen LogP contribution < -0.4 is 0 Å². The molecule has 0 unspecified atom stereocenters. The van der Waals surface area contributed by atoms with E-state index < -0.39 is 0 Å². The number of phenols is 2. The van der Waals surface area contributed by atoms with Crippen molar-refractivity contribution < 1.29 is 10.2 Å². The van der Waals surface area contributed by atoms with Gasteiger partial charge < -0.3 is 10.2 Å². The highest BCUT2D eigenvalue weighted by Crippen LogP contribution is 2.42. The summed E-state index contributed by atoms with van der Waals surface area (Å²) in [7, 11) is 0. The van der Waals surface area contributed by atoms with Gasteiger partial charge in [-0.1, -0.05) is 107 Å². The van der Waals surface area contributed by atoms with Crippen LogP contribution in [0.1, 0.15) is 130 Å². The zero-order valence-electron chi connectivity index (χ0n) is 25.6. The summed E-state index contributed by atoms with van der Waals surface area (Å²) in [6, 6.07) is 9.10. The molecule has 2 aromatic rings. The first-order chi connectivity index (χ1) is 16.0. The molecule has 0 aliphatic carbocycles. The third-order valence-electron chi connectivity index (χ3n) is 7.07. The molecule has 0 amide bonds. The maximum atomic E-state index is 11.2. The van der Waals surface area contributed by atoms with Gasteiger partial charge in [0.05, 0.1) is 0 Å². The lowest BCUT2D eigenvalue weighted by Gasteiger charge is -2.32. The largest absolute Gasteiger partial charge is 0.507 e. The minimum absolute atomic E-state index is 0.150. The fourth-order valence-corrected chi connectivity index (χ4v) is 4.75. The fourth-order valence-electron chi connectivity index (χ4n) is 4.75. The Kier molecular flexibility index (Phi) is 8.43. The fraction of sp³-hybridized carbons (Fsp3) is 0.636. The number of hydrogen-bond acceptors (Lipinski definition) is 3. The Morgan fingerprint density at radius 1 is 0.528 bits per heavy atom. The second-order valence-corrected chi connectivity index (χ2v) is 15.1. The van der Waals surface area contributed by atoms with Gasteiger partial charge in [-0.05, 0) is 68.9 Å². The van der Waals surface area contributed by atoms with Crippen molar-refractivity contribution in [3.63, 3.8) is 0 Å². The third-order valence-corrected chi connectivity index (χ3v) is 7.07. The molecule has 0 radical (unpaired) electrons. The highest BCUT2D eigenvalue weighted by atomic mass is 16.3. The zero-order chi connectivity index (χ0) is 28.0. The molecule has 3 heteroatoms. The van der Waals surface area contributed by atoms with Crippen LogP contribution in [0.25, 0.3) is 0 Å². The number of hydrogen-bond donors (Lipinski definition) is 2. The van der Waals surface area contributed by atoms with Crippen LogP contribution in [0.4, 0.5) is 0 Å². The Morgan fingerprint density at radius 2 is 0.750 bits per heavy atom. The van der Waals surface area contributed by atoms with Gasteiger partial charge >= 0.3 is 0 Å². The van der Waals surface area contributed by atoms with Gasteiger partial charge in [0.25, 0.3) is 0 Å². The van der Waals surface area contributed by atoms with E-state index in [2.05, 4.69) is 126 Å². The standard InChI is InChI=1S/C33H53NO2/c1-21(2)34(19-22-15-24(30(3,4)5)28(35)25(16-22)31(6,7)8)20-23-17-26(32(9,10)11)29(36)27(18-23)33(12,13)14/h15-18,21,35-36H,19-20H2,1-14H3. The highest BCUT2D eigenvalue weighted by molar-refractivity contribution is 5.51. The molecule has 2 N–H and O–H groups in total. The molecule has 0 bridgehead atoms. The van der Waals surface area contributed by atoms with Crippen molar-refractivity contribution in [2.24, 2.45) is 0 Å². The normalized spacial score (nSPS) is 13.7. The smallest absolute Gasteiger partial charge is 0.123 e. The second-order valence-electron chi connectivity index (χ2n) is 15.1. The van der Waals surface area contributed by atoms with Crippen LogP contribution in [0.5, 0.6) is 11.5 Å². The van der Waals surface area contributed by atoms with E-state index in [9.17, 15) is 10.2 Å². The quantitative estimate of drug-likeness (QED) is 0.436. The Morgan fingerprint density at radius 3 is 0.917 bits per heavy atom. The predicted octanol–water partition coefficient (Wildman–Crippen LogP) is 8.70. The molecule has 2 aromatic carbocycles. The third kappa shape index (κ3) is 7.06. The summed E-state index contributed by atoms with van der Waals surface area (Å²) in [4.78, 5) is 2.48. The van der Waals surface area contributed by atoms with E-state index in [-0.39, 0.29) is 21.7 Å². The summed E-state index contributed by atoms with van der Waals surface area (Å²) >= 11 is 0. The Bertz CT molecular complexity index is 913. The Labute approximate surface area is 222 Å². The van der Waals surface area contributed by atoms with E-state index >= 15 is 0 Å². The second kappa shape index (κ2) is 10.0. The number of phenolic OH excluding ortho intramolecular Hbond substituents is 2. The van der Waals surface area contributed by atoms with Crippen LogP contribution in [-0.4, -0.2) is 21.2 Å². The maximum absolute atomic E-state index is 11.2. The van der Waals surface area contributed by atoms with Crippen LogP contribution in [0.2, 0.25) is 0 Å². The van der Waals surface area contributed by atoms with Gasteiger partial charge in [0.2, 0.25) is 0 Å². The van der Waals surface area contributed by atoms with Gasteiger partial charge in [0.1, 0.15) is 11.5 Å². The molecule has 0 aromatic heterocycles. The summed E-state index contributed by atoms with van der Waals surface area (Å²) in [5.74, 6) is 0.857. The van der Waals surface area contributed by atoms with Crippen molar-refractivity contribution in [1.29, 1.82) is 0 Å². The van der Waals surface area contributed by atoms with Gasteiger partial charge in [0, 0.05) is 19.1 Å². The average Bonchev–Trinajstić information content (AvgIpc) is 2.65. The summed E-state index contributed by atoms with van der Waals surface area (Å²) < 4.78 is 0. The van der Waals surface area contributed by atoms with E-state index in [1.54, 1.807) is 0 Å². The van der Waals surface area contributed by atoms with Crippen molar-refractivity contribution in [3.8, 4) is 11.5 Å². The molecular weight excluding hydrogens is 442 g/mol. The summed E-state index contributed by atoms with van der Waals surface area (Å²) in [5.41, 5.74) is 5.86. The lowest BCUT2D eigenvalue weighted by molar-refractivity contribution is 0.203. The molecule has 0 spiro atoms. The molecule has 36 heavy (non-hydrogen) atoms. The topological polar surface area (TPSA) is 43.7 Å². The summed E-state index contributed by atoms with van der Waals surface area (Å²) in [5, 5.41) is 22.3. The monoisotopic (exact) mass is 495 g/mol. The first kappa shape index (κ1) is 30.2. The molecule has 0 saturated heterocycles. The van der Waals surface area contributed by atoms with E-state index in [0.29, 0.717) is 17.5 Å². The van der Waals surface area contributed by atoms with Crippen molar-refractivity contribution >= 4 is 0 Å². The van der Waals surface area contributed by atoms with Crippen LogP contribution in [0.3, 0.4) is 0 Å². The average molecular weight is 496 g/mol. The minimum Gasteiger partial charge on any atom is -0.507 e. The predicted molar refractivity (Wildman–Crippen MR) is 155 cm³/mol. The van der Waals surface area contributed by atoms with Crippen LogP contribution in [-0.2, 0) is 34.7 Å². The maximum Gasteiger partial charge on any atom is 0.123 e. The molecule has 2 rings (SSSR count). The van der Waals surface area contributed by atoms with Crippen molar-refractivity contribution in [2.75, 3.05) is 0 Å². The molecule has 0 saturated carbocycles.